The van der Waals surface area contributed by atoms with Gasteiger partial charge in [-0.2, -0.15) is 13.2 Å². The quantitative estimate of drug-likeness (QED) is 0.425. The summed E-state index contributed by atoms with van der Waals surface area (Å²) in [5.74, 6) is -0.0393. The fourth-order valence-electron chi connectivity index (χ4n) is 4.04. The van der Waals surface area contributed by atoms with Crippen LogP contribution >= 0.6 is 11.3 Å². The van der Waals surface area contributed by atoms with Crippen molar-refractivity contribution in [2.24, 2.45) is 7.05 Å². The van der Waals surface area contributed by atoms with Crippen molar-refractivity contribution in [3.05, 3.63) is 47.5 Å². The topological polar surface area (TPSA) is 92.1 Å². The summed E-state index contributed by atoms with van der Waals surface area (Å²) < 4.78 is 41.2. The summed E-state index contributed by atoms with van der Waals surface area (Å²) in [6.45, 7) is 1.39. The molecule has 4 aromatic rings. The summed E-state index contributed by atoms with van der Waals surface area (Å²) in [5, 5.41) is 6.12. The van der Waals surface area contributed by atoms with Gasteiger partial charge in [-0.15, -0.1) is 0 Å². The van der Waals surface area contributed by atoms with E-state index >= 15 is 0 Å². The summed E-state index contributed by atoms with van der Waals surface area (Å²) >= 11 is 1.09. The molecule has 0 aliphatic carbocycles. The largest absolute Gasteiger partial charge is 0.416 e. The van der Waals surface area contributed by atoms with Crippen LogP contribution < -0.4 is 10.6 Å². The standard InChI is InChI=1S/C23H21F3N6O2S/c1-31-17-7-4-13(20(34)27-12-19(33)32-8-2-3-9-32)10-16(17)28-21(31)30-22-29-15-6-5-14(23(24,25)26)11-18(15)35-22/h4-7,10-11H,2-3,8-9,12H2,1H3,(H,27,34)(H,28,29,30). The van der Waals surface area contributed by atoms with Crippen molar-refractivity contribution >= 4 is 55.5 Å². The molecule has 0 atom stereocenters. The van der Waals surface area contributed by atoms with Gasteiger partial charge in [0, 0.05) is 25.7 Å². The minimum atomic E-state index is -4.42. The number of aryl methyl sites for hydroxylation is 1. The predicted molar refractivity (Wildman–Crippen MR) is 127 cm³/mol. The molecule has 5 rings (SSSR count). The Morgan fingerprint density at radius 3 is 2.57 bits per heavy atom. The summed E-state index contributed by atoms with van der Waals surface area (Å²) in [6.07, 6.45) is -2.45. The van der Waals surface area contributed by atoms with Gasteiger partial charge in [0.15, 0.2) is 5.13 Å². The maximum Gasteiger partial charge on any atom is 0.416 e. The molecule has 12 heteroatoms. The van der Waals surface area contributed by atoms with Gasteiger partial charge in [0.1, 0.15) is 0 Å². The summed E-state index contributed by atoms with van der Waals surface area (Å²) in [7, 11) is 1.78. The minimum Gasteiger partial charge on any atom is -0.343 e. The van der Waals surface area contributed by atoms with E-state index in [0.717, 1.165) is 54.9 Å². The first kappa shape index (κ1) is 23.1. The van der Waals surface area contributed by atoms with Crippen LogP contribution in [-0.4, -0.2) is 50.9 Å². The Kier molecular flexibility index (Phi) is 5.83. The molecule has 0 saturated carbocycles. The van der Waals surface area contributed by atoms with E-state index < -0.39 is 11.7 Å². The molecule has 2 amide bonds. The highest BCUT2D eigenvalue weighted by molar-refractivity contribution is 7.22. The van der Waals surface area contributed by atoms with E-state index in [4.69, 9.17) is 0 Å². The number of thiazole rings is 1. The number of fused-ring (bicyclic) bond motifs is 2. The third-order valence-corrected chi connectivity index (χ3v) is 6.87. The number of nitrogens with one attached hydrogen (secondary N) is 2. The zero-order valence-electron chi connectivity index (χ0n) is 18.6. The lowest BCUT2D eigenvalue weighted by molar-refractivity contribution is -0.137. The van der Waals surface area contributed by atoms with E-state index in [1.54, 1.807) is 34.7 Å². The number of aromatic nitrogens is 3. The van der Waals surface area contributed by atoms with Crippen LogP contribution in [0, 0.1) is 0 Å². The number of amides is 2. The summed E-state index contributed by atoms with van der Waals surface area (Å²) in [4.78, 5) is 35.4. The lowest BCUT2D eigenvalue weighted by Crippen LogP contribution is -2.38. The Hall–Kier alpha value is -3.67. The molecule has 182 valence electrons. The molecule has 0 radical (unpaired) electrons. The zero-order valence-corrected chi connectivity index (χ0v) is 19.5. The molecule has 35 heavy (non-hydrogen) atoms. The molecule has 0 spiro atoms. The summed E-state index contributed by atoms with van der Waals surface area (Å²) in [6, 6.07) is 8.45. The monoisotopic (exact) mass is 502 g/mol. The van der Waals surface area contributed by atoms with E-state index in [9.17, 15) is 22.8 Å². The lowest BCUT2D eigenvalue weighted by atomic mass is 10.2. The number of imidazole rings is 1. The molecule has 1 aliphatic rings. The normalized spacial score (nSPS) is 14.1. The lowest BCUT2D eigenvalue weighted by Gasteiger charge is -2.15. The molecular weight excluding hydrogens is 481 g/mol. The van der Waals surface area contributed by atoms with Gasteiger partial charge in [-0.05, 0) is 49.2 Å². The van der Waals surface area contributed by atoms with E-state index in [1.807, 2.05) is 0 Å². The maximum absolute atomic E-state index is 13.0. The van der Waals surface area contributed by atoms with Crippen LogP contribution in [0.15, 0.2) is 36.4 Å². The molecule has 3 heterocycles. The van der Waals surface area contributed by atoms with Crippen molar-refractivity contribution < 1.29 is 22.8 Å². The number of carbonyl (C=O) groups excluding carboxylic acids is 2. The molecular formula is C23H21F3N6O2S. The number of benzene rings is 2. The fourth-order valence-corrected chi connectivity index (χ4v) is 4.94. The third kappa shape index (κ3) is 4.65. The number of rotatable bonds is 5. The molecule has 2 N–H and O–H groups in total. The number of hydrogen-bond acceptors (Lipinski definition) is 6. The van der Waals surface area contributed by atoms with E-state index in [2.05, 4.69) is 20.6 Å². The number of hydrogen-bond donors (Lipinski definition) is 2. The van der Waals surface area contributed by atoms with Crippen molar-refractivity contribution in [3.63, 3.8) is 0 Å². The van der Waals surface area contributed by atoms with Crippen molar-refractivity contribution in [3.8, 4) is 0 Å². The maximum atomic E-state index is 13.0. The predicted octanol–water partition coefficient (Wildman–Crippen LogP) is 4.30. The average molecular weight is 503 g/mol. The average Bonchev–Trinajstić information content (AvgIpc) is 3.55. The van der Waals surface area contributed by atoms with Gasteiger partial charge in [0.05, 0.1) is 33.4 Å². The highest BCUT2D eigenvalue weighted by Gasteiger charge is 2.30. The number of likely N-dealkylation sites (tertiary alicyclic amines) is 1. The number of carbonyl (C=O) groups is 2. The molecule has 2 aromatic carbocycles. The Morgan fingerprint density at radius 2 is 1.83 bits per heavy atom. The minimum absolute atomic E-state index is 0.0560. The van der Waals surface area contributed by atoms with Gasteiger partial charge in [0.2, 0.25) is 11.9 Å². The van der Waals surface area contributed by atoms with Crippen molar-refractivity contribution in [1.82, 2.24) is 24.8 Å². The molecule has 8 nitrogen and oxygen atoms in total. The molecule has 0 unspecified atom stereocenters. The Labute approximate surface area is 201 Å². The van der Waals surface area contributed by atoms with Crippen LogP contribution in [0.5, 0.6) is 0 Å². The first-order chi connectivity index (χ1) is 16.7. The second-order valence-corrected chi connectivity index (χ2v) is 9.32. The van der Waals surface area contributed by atoms with Crippen LogP contribution in [0.4, 0.5) is 24.3 Å². The van der Waals surface area contributed by atoms with E-state index in [0.29, 0.717) is 32.4 Å². The Balaban J connectivity index is 1.33. The molecule has 1 fully saturated rings. The highest BCUT2D eigenvalue weighted by atomic mass is 32.1. The Morgan fingerprint density at radius 1 is 1.06 bits per heavy atom. The van der Waals surface area contributed by atoms with Crippen molar-refractivity contribution in [1.29, 1.82) is 0 Å². The van der Waals surface area contributed by atoms with Gasteiger partial charge in [-0.3, -0.25) is 9.59 Å². The summed E-state index contributed by atoms with van der Waals surface area (Å²) in [5.41, 5.74) is 1.39. The molecule has 2 aromatic heterocycles. The second-order valence-electron chi connectivity index (χ2n) is 8.29. The van der Waals surface area contributed by atoms with Crippen LogP contribution in [0.3, 0.4) is 0 Å². The van der Waals surface area contributed by atoms with E-state index in [-0.39, 0.29) is 18.4 Å². The van der Waals surface area contributed by atoms with Gasteiger partial charge < -0.3 is 20.1 Å². The number of nitrogens with zero attached hydrogens (tertiary/aromatic N) is 4. The number of halogens is 3. The van der Waals surface area contributed by atoms with Gasteiger partial charge in [-0.1, -0.05) is 11.3 Å². The molecule has 1 saturated heterocycles. The van der Waals surface area contributed by atoms with Crippen molar-refractivity contribution in [2.45, 2.75) is 19.0 Å². The first-order valence-electron chi connectivity index (χ1n) is 11.0. The van der Waals surface area contributed by atoms with Gasteiger partial charge >= 0.3 is 6.18 Å². The SMILES string of the molecule is Cn1c(Nc2nc3ccc(C(F)(F)F)cc3s2)nc2cc(C(=O)NCC(=O)N3CCCC3)ccc21. The number of alkyl halides is 3. The Bertz CT molecular complexity index is 1440. The zero-order chi connectivity index (χ0) is 24.7. The first-order valence-corrected chi connectivity index (χ1v) is 11.8. The van der Waals surface area contributed by atoms with Crippen LogP contribution in [0.2, 0.25) is 0 Å². The molecule has 1 aliphatic heterocycles. The van der Waals surface area contributed by atoms with Crippen LogP contribution in [0.1, 0.15) is 28.8 Å². The molecule has 0 bridgehead atoms. The number of anilines is 2. The van der Waals surface area contributed by atoms with Crippen LogP contribution in [0.25, 0.3) is 21.3 Å². The van der Waals surface area contributed by atoms with Gasteiger partial charge in [-0.25, -0.2) is 9.97 Å². The van der Waals surface area contributed by atoms with Gasteiger partial charge in [0.25, 0.3) is 5.91 Å². The van der Waals surface area contributed by atoms with Crippen molar-refractivity contribution in [2.75, 3.05) is 25.0 Å². The highest BCUT2D eigenvalue weighted by Crippen LogP contribution is 2.35. The second kappa shape index (κ2) is 8.84. The van der Waals surface area contributed by atoms with E-state index in [1.165, 1.54) is 6.07 Å². The smallest absolute Gasteiger partial charge is 0.343 e. The third-order valence-electron chi connectivity index (χ3n) is 5.94. The van der Waals surface area contributed by atoms with Crippen LogP contribution in [-0.2, 0) is 18.0 Å². The fraction of sp³-hybridized carbons (Fsp3) is 0.304.